The molecule has 0 atom stereocenters. The molecule has 5 rings (SSSR count). The number of aromatic nitrogens is 7. The Morgan fingerprint density at radius 1 is 0.967 bits per heavy atom. The minimum atomic E-state index is -0.408. The second-order valence-corrected chi connectivity index (χ2v) is 7.65. The Morgan fingerprint density at radius 3 is 2.47 bits per heavy atom. The van der Waals surface area contributed by atoms with Crippen molar-refractivity contribution in [1.29, 1.82) is 0 Å². The number of alkyl halides is 1. The Kier molecular flexibility index (Phi) is 4.45. The number of rotatable bonds is 5. The highest BCUT2D eigenvalue weighted by Gasteiger charge is 2.33. The van der Waals surface area contributed by atoms with E-state index in [1.54, 1.807) is 4.68 Å². The van der Waals surface area contributed by atoms with Crippen LogP contribution in [0.2, 0.25) is 0 Å². The van der Waals surface area contributed by atoms with Gasteiger partial charge in [0, 0.05) is 19.2 Å². The third-order valence-electron chi connectivity index (χ3n) is 5.47. The average molecular weight is 406 g/mol. The maximum Gasteiger partial charge on any atom is 0.161 e. The standard InChI is InChI=1S/C21H23FN8/c1-13-24-19(10-20(25-13)30-15(3)23-14(2)27-30)28-11-16(12-28)21-26-17-6-4-5-7-18(17)29(21)9-8-22/h4-7,10,16H,8-9,11-12H2,1-3H3. The topological polar surface area (TPSA) is 77.5 Å². The molecule has 0 aliphatic carbocycles. The molecule has 9 heteroatoms. The molecule has 1 fully saturated rings. The first-order valence-corrected chi connectivity index (χ1v) is 10.1. The third-order valence-corrected chi connectivity index (χ3v) is 5.47. The maximum atomic E-state index is 13.2. The first kappa shape index (κ1) is 18.7. The molecule has 1 aliphatic heterocycles. The van der Waals surface area contributed by atoms with Crippen LogP contribution in [0.25, 0.3) is 16.9 Å². The van der Waals surface area contributed by atoms with Crippen molar-refractivity contribution in [2.24, 2.45) is 0 Å². The van der Waals surface area contributed by atoms with Gasteiger partial charge in [-0.2, -0.15) is 4.68 Å². The lowest BCUT2D eigenvalue weighted by Gasteiger charge is -2.40. The predicted molar refractivity (Wildman–Crippen MR) is 112 cm³/mol. The number of nitrogens with zero attached hydrogens (tertiary/aromatic N) is 8. The van der Waals surface area contributed by atoms with Crippen molar-refractivity contribution in [2.45, 2.75) is 33.2 Å². The van der Waals surface area contributed by atoms with Gasteiger partial charge in [-0.05, 0) is 32.9 Å². The lowest BCUT2D eigenvalue weighted by molar-refractivity contribution is 0.421. The largest absolute Gasteiger partial charge is 0.355 e. The van der Waals surface area contributed by atoms with Crippen LogP contribution in [0.3, 0.4) is 0 Å². The van der Waals surface area contributed by atoms with Gasteiger partial charge in [-0.25, -0.2) is 24.3 Å². The van der Waals surface area contributed by atoms with Crippen LogP contribution in [0.5, 0.6) is 0 Å². The van der Waals surface area contributed by atoms with Gasteiger partial charge in [0.25, 0.3) is 0 Å². The van der Waals surface area contributed by atoms with Crippen LogP contribution in [0.4, 0.5) is 10.2 Å². The van der Waals surface area contributed by atoms with Gasteiger partial charge < -0.3 is 9.47 Å². The van der Waals surface area contributed by atoms with Crippen LogP contribution in [0.1, 0.15) is 29.2 Å². The molecule has 0 spiro atoms. The summed E-state index contributed by atoms with van der Waals surface area (Å²) >= 11 is 0. The second-order valence-electron chi connectivity index (χ2n) is 7.65. The minimum Gasteiger partial charge on any atom is -0.355 e. The molecule has 30 heavy (non-hydrogen) atoms. The van der Waals surface area contributed by atoms with E-state index in [0.29, 0.717) is 24.0 Å². The molecule has 1 aliphatic rings. The average Bonchev–Trinajstić information content (AvgIpc) is 3.20. The zero-order chi connectivity index (χ0) is 20.8. The summed E-state index contributed by atoms with van der Waals surface area (Å²) in [6, 6.07) is 9.85. The molecule has 0 bridgehead atoms. The number of para-hydroxylation sites is 2. The molecule has 3 aromatic heterocycles. The Labute approximate surface area is 173 Å². The summed E-state index contributed by atoms with van der Waals surface area (Å²) in [5.74, 6) is 4.93. The molecule has 0 N–H and O–H groups in total. The first-order chi connectivity index (χ1) is 14.5. The molecule has 0 amide bonds. The van der Waals surface area contributed by atoms with Gasteiger partial charge in [0.2, 0.25) is 0 Å². The normalized spacial score (nSPS) is 14.5. The predicted octanol–water partition coefficient (Wildman–Crippen LogP) is 2.91. The first-order valence-electron chi connectivity index (χ1n) is 10.1. The molecule has 8 nitrogen and oxygen atoms in total. The van der Waals surface area contributed by atoms with Crippen molar-refractivity contribution in [3.63, 3.8) is 0 Å². The van der Waals surface area contributed by atoms with Crippen LogP contribution in [-0.2, 0) is 6.54 Å². The fourth-order valence-corrected chi connectivity index (χ4v) is 4.10. The molecule has 4 heterocycles. The van der Waals surface area contributed by atoms with E-state index in [1.807, 2.05) is 55.7 Å². The summed E-state index contributed by atoms with van der Waals surface area (Å²) < 4.78 is 16.9. The summed E-state index contributed by atoms with van der Waals surface area (Å²) in [6.45, 7) is 7.13. The van der Waals surface area contributed by atoms with Gasteiger partial charge in [0.1, 0.15) is 35.8 Å². The summed E-state index contributed by atoms with van der Waals surface area (Å²) in [7, 11) is 0. The second kappa shape index (κ2) is 7.16. The molecule has 4 aromatic rings. The van der Waals surface area contributed by atoms with Crippen LogP contribution >= 0.6 is 0 Å². The SMILES string of the molecule is Cc1nc(N2CC(c3nc4ccccc4n3CCF)C2)cc(-n2nc(C)nc2C)n1. The van der Waals surface area contributed by atoms with Crippen molar-refractivity contribution in [2.75, 3.05) is 24.7 Å². The van der Waals surface area contributed by atoms with Crippen molar-refractivity contribution in [3.8, 4) is 5.82 Å². The molecular formula is C21H23FN8. The number of halogens is 1. The van der Waals surface area contributed by atoms with Crippen molar-refractivity contribution in [3.05, 3.63) is 53.6 Å². The van der Waals surface area contributed by atoms with E-state index < -0.39 is 6.67 Å². The highest BCUT2D eigenvalue weighted by molar-refractivity contribution is 5.76. The van der Waals surface area contributed by atoms with E-state index in [-0.39, 0.29) is 5.92 Å². The van der Waals surface area contributed by atoms with Gasteiger partial charge in [-0.1, -0.05) is 12.1 Å². The number of benzene rings is 1. The smallest absolute Gasteiger partial charge is 0.161 e. The van der Waals surface area contributed by atoms with Gasteiger partial charge in [0.05, 0.1) is 23.5 Å². The molecule has 0 radical (unpaired) electrons. The summed E-state index contributed by atoms with van der Waals surface area (Å²) in [5, 5.41) is 4.43. The van der Waals surface area contributed by atoms with E-state index in [9.17, 15) is 4.39 Å². The van der Waals surface area contributed by atoms with E-state index in [0.717, 1.165) is 41.6 Å². The Balaban J connectivity index is 1.42. The van der Waals surface area contributed by atoms with E-state index in [1.165, 1.54) is 0 Å². The lowest BCUT2D eigenvalue weighted by Crippen LogP contribution is -2.46. The number of fused-ring (bicyclic) bond motifs is 1. The molecule has 0 saturated carbocycles. The molecule has 0 unspecified atom stereocenters. The quantitative estimate of drug-likeness (QED) is 0.507. The molecule has 1 aromatic carbocycles. The van der Waals surface area contributed by atoms with Crippen LogP contribution in [-0.4, -0.2) is 54.0 Å². The van der Waals surface area contributed by atoms with Crippen molar-refractivity contribution in [1.82, 2.24) is 34.3 Å². The highest BCUT2D eigenvalue weighted by Crippen LogP contribution is 2.32. The van der Waals surface area contributed by atoms with E-state index >= 15 is 0 Å². The molecule has 1 saturated heterocycles. The van der Waals surface area contributed by atoms with Gasteiger partial charge in [-0.15, -0.1) is 5.10 Å². The Hall–Kier alpha value is -3.36. The lowest BCUT2D eigenvalue weighted by atomic mass is 9.99. The summed E-state index contributed by atoms with van der Waals surface area (Å²) in [6.07, 6.45) is 0. The van der Waals surface area contributed by atoms with Crippen LogP contribution in [0.15, 0.2) is 30.3 Å². The zero-order valence-corrected chi connectivity index (χ0v) is 17.2. The highest BCUT2D eigenvalue weighted by atomic mass is 19.1. The monoisotopic (exact) mass is 406 g/mol. The summed E-state index contributed by atoms with van der Waals surface area (Å²) in [4.78, 5) is 20.5. The molecule has 154 valence electrons. The fourth-order valence-electron chi connectivity index (χ4n) is 4.10. The number of anilines is 1. The molecular weight excluding hydrogens is 383 g/mol. The van der Waals surface area contributed by atoms with Crippen LogP contribution < -0.4 is 4.90 Å². The van der Waals surface area contributed by atoms with Gasteiger partial charge >= 0.3 is 0 Å². The minimum absolute atomic E-state index is 0.234. The summed E-state index contributed by atoms with van der Waals surface area (Å²) in [5.41, 5.74) is 1.90. The number of aryl methyl sites for hydroxylation is 4. The van der Waals surface area contributed by atoms with Gasteiger partial charge in [0.15, 0.2) is 5.82 Å². The van der Waals surface area contributed by atoms with Crippen molar-refractivity contribution < 1.29 is 4.39 Å². The van der Waals surface area contributed by atoms with Crippen LogP contribution in [0, 0.1) is 20.8 Å². The fraction of sp³-hybridized carbons (Fsp3) is 0.381. The Bertz CT molecular complexity index is 1220. The number of hydrogen-bond donors (Lipinski definition) is 0. The van der Waals surface area contributed by atoms with Gasteiger partial charge in [-0.3, -0.25) is 0 Å². The Morgan fingerprint density at radius 2 is 1.73 bits per heavy atom. The zero-order valence-electron chi connectivity index (χ0n) is 17.2. The van der Waals surface area contributed by atoms with E-state index in [4.69, 9.17) is 4.98 Å². The third kappa shape index (κ3) is 3.10. The van der Waals surface area contributed by atoms with Crippen molar-refractivity contribution >= 4 is 16.9 Å². The maximum absolute atomic E-state index is 13.2. The number of imidazole rings is 1. The number of hydrogen-bond acceptors (Lipinski definition) is 6. The van der Waals surface area contributed by atoms with E-state index in [2.05, 4.69) is 25.0 Å².